The first-order valence-corrected chi connectivity index (χ1v) is 7.95. The highest BCUT2D eigenvalue weighted by Gasteiger charge is 2.42. The van der Waals surface area contributed by atoms with Gasteiger partial charge >= 0.3 is 0 Å². The molecule has 3 rings (SSSR count). The number of likely N-dealkylation sites (N-methyl/N-ethyl adjacent to an activating group) is 1. The van der Waals surface area contributed by atoms with Crippen molar-refractivity contribution < 1.29 is 19.5 Å². The molecule has 1 saturated heterocycles. The second-order valence-corrected chi connectivity index (χ2v) is 6.77. The first-order chi connectivity index (χ1) is 10.8. The van der Waals surface area contributed by atoms with Crippen LogP contribution in [0.25, 0.3) is 5.57 Å². The van der Waals surface area contributed by atoms with Crippen molar-refractivity contribution in [3.8, 4) is 0 Å². The van der Waals surface area contributed by atoms with Crippen LogP contribution in [0, 0.1) is 0 Å². The van der Waals surface area contributed by atoms with Crippen molar-refractivity contribution in [2.24, 2.45) is 0 Å². The molecule has 2 aliphatic heterocycles. The molecule has 6 nitrogen and oxygen atoms in total. The third-order valence-corrected chi connectivity index (χ3v) is 5.21. The number of carboxylic acids is 1. The lowest BCUT2D eigenvalue weighted by atomic mass is 10.1. The number of carboxylic acid groups (broad SMARTS) is 1. The number of rotatable bonds is 2. The third kappa shape index (κ3) is 2.25. The van der Waals surface area contributed by atoms with Crippen molar-refractivity contribution >= 4 is 57.3 Å². The van der Waals surface area contributed by atoms with Gasteiger partial charge in [-0.3, -0.25) is 14.5 Å². The average molecular weight is 347 g/mol. The molecule has 0 N–H and O–H groups in total. The molecule has 1 aromatic rings. The highest BCUT2D eigenvalue weighted by molar-refractivity contribution is 8.26. The lowest BCUT2D eigenvalue weighted by Crippen LogP contribution is -2.48. The van der Waals surface area contributed by atoms with Crippen LogP contribution in [0.3, 0.4) is 0 Å². The molecule has 1 aromatic carbocycles. The molecule has 118 valence electrons. The number of amides is 2. The van der Waals surface area contributed by atoms with Gasteiger partial charge in [0, 0.05) is 12.6 Å². The van der Waals surface area contributed by atoms with Crippen molar-refractivity contribution in [3.05, 3.63) is 34.7 Å². The van der Waals surface area contributed by atoms with Gasteiger partial charge in [-0.15, -0.1) is 0 Å². The third-order valence-electron chi connectivity index (χ3n) is 3.81. The summed E-state index contributed by atoms with van der Waals surface area (Å²) in [5.74, 6) is -2.29. The van der Waals surface area contributed by atoms with Crippen LogP contribution in [-0.2, 0) is 14.4 Å². The van der Waals surface area contributed by atoms with Gasteiger partial charge in [-0.1, -0.05) is 42.2 Å². The van der Waals surface area contributed by atoms with E-state index in [4.69, 9.17) is 12.2 Å². The van der Waals surface area contributed by atoms with Crippen LogP contribution in [0.2, 0.25) is 0 Å². The van der Waals surface area contributed by atoms with E-state index < -0.39 is 17.9 Å². The molecule has 0 unspecified atom stereocenters. The number of carbonyl (C=O) groups excluding carboxylic acids is 3. The Bertz CT molecular complexity index is 802. The van der Waals surface area contributed by atoms with Crippen molar-refractivity contribution in [3.63, 3.8) is 0 Å². The molecule has 0 spiro atoms. The predicted octanol–water partition coefficient (Wildman–Crippen LogP) is 0.373. The van der Waals surface area contributed by atoms with Crippen LogP contribution in [-0.4, -0.2) is 40.1 Å². The van der Waals surface area contributed by atoms with E-state index in [0.29, 0.717) is 11.3 Å². The van der Waals surface area contributed by atoms with Crippen LogP contribution in [0.4, 0.5) is 5.69 Å². The Morgan fingerprint density at radius 2 is 1.91 bits per heavy atom. The van der Waals surface area contributed by atoms with E-state index in [2.05, 4.69) is 0 Å². The van der Waals surface area contributed by atoms with Gasteiger partial charge in [0.1, 0.15) is 4.32 Å². The number of benzene rings is 1. The summed E-state index contributed by atoms with van der Waals surface area (Å²) >= 11 is 6.05. The van der Waals surface area contributed by atoms with Gasteiger partial charge in [-0.25, -0.2) is 0 Å². The molecule has 0 bridgehead atoms. The molecule has 8 heteroatoms. The lowest BCUT2D eigenvalue weighted by Gasteiger charge is -2.23. The lowest BCUT2D eigenvalue weighted by molar-refractivity contribution is -0.309. The minimum atomic E-state index is -1.40. The Balaban J connectivity index is 2.14. The number of thioether (sulfide) groups is 1. The molecular weight excluding hydrogens is 336 g/mol. The van der Waals surface area contributed by atoms with E-state index in [1.54, 1.807) is 31.3 Å². The quantitative estimate of drug-likeness (QED) is 0.568. The van der Waals surface area contributed by atoms with Gasteiger partial charge in [0.2, 0.25) is 0 Å². The Kier molecular flexibility index (Phi) is 3.73. The van der Waals surface area contributed by atoms with Crippen molar-refractivity contribution in [2.45, 2.75) is 13.0 Å². The van der Waals surface area contributed by atoms with Crippen LogP contribution >= 0.6 is 24.0 Å². The monoisotopic (exact) mass is 347 g/mol. The maximum Gasteiger partial charge on any atom is 0.267 e. The fourth-order valence-corrected chi connectivity index (χ4v) is 4.05. The number of thiocarbonyl (C=S) groups is 1. The highest BCUT2D eigenvalue weighted by atomic mass is 32.2. The smallest absolute Gasteiger partial charge is 0.267 e. The summed E-state index contributed by atoms with van der Waals surface area (Å²) < 4.78 is 0.106. The Morgan fingerprint density at radius 3 is 2.57 bits per heavy atom. The van der Waals surface area contributed by atoms with E-state index >= 15 is 0 Å². The Hall–Kier alpha value is -2.19. The summed E-state index contributed by atoms with van der Waals surface area (Å²) in [7, 11) is 1.62. The summed E-state index contributed by atoms with van der Waals surface area (Å²) in [4.78, 5) is 38.8. The summed E-state index contributed by atoms with van der Waals surface area (Å²) in [6.45, 7) is 1.32. The van der Waals surface area contributed by atoms with Gasteiger partial charge in [-0.05, 0) is 13.0 Å². The van der Waals surface area contributed by atoms with Crippen molar-refractivity contribution in [1.82, 2.24) is 4.90 Å². The van der Waals surface area contributed by atoms with E-state index in [1.165, 1.54) is 11.8 Å². The number of hydrogen-bond donors (Lipinski definition) is 0. The SMILES string of the molecule is C[C@@H](C(=O)[O-])N1C(=O)/C(=C2\C(=O)N(C)c3ccccc32)SC1=S. The molecule has 0 aliphatic carbocycles. The second kappa shape index (κ2) is 5.47. The van der Waals surface area contributed by atoms with E-state index in [0.717, 1.165) is 16.7 Å². The highest BCUT2D eigenvalue weighted by Crippen LogP contribution is 2.44. The number of aliphatic carboxylic acids is 1. The molecule has 2 aliphatic rings. The Morgan fingerprint density at radius 1 is 1.26 bits per heavy atom. The van der Waals surface area contributed by atoms with E-state index in [9.17, 15) is 19.5 Å². The number of fused-ring (bicyclic) bond motifs is 1. The number of anilines is 1. The molecule has 2 heterocycles. The number of hydrogen-bond acceptors (Lipinski definition) is 6. The first-order valence-electron chi connectivity index (χ1n) is 6.72. The van der Waals surface area contributed by atoms with Gasteiger partial charge in [0.05, 0.1) is 28.2 Å². The van der Waals surface area contributed by atoms with Crippen molar-refractivity contribution in [1.29, 1.82) is 0 Å². The molecule has 0 radical (unpaired) electrons. The molecule has 0 aromatic heterocycles. The molecule has 0 saturated carbocycles. The maximum absolute atomic E-state index is 12.6. The predicted molar refractivity (Wildman–Crippen MR) is 88.3 cm³/mol. The zero-order valence-corrected chi connectivity index (χ0v) is 13.9. The van der Waals surface area contributed by atoms with Crippen LogP contribution < -0.4 is 10.0 Å². The number of para-hydroxylation sites is 1. The minimum Gasteiger partial charge on any atom is -0.548 e. The van der Waals surface area contributed by atoms with Gasteiger partial charge in [-0.2, -0.15) is 0 Å². The molecular formula is C15H11N2O4S2-. The zero-order valence-electron chi connectivity index (χ0n) is 12.2. The zero-order chi connectivity index (χ0) is 16.9. The van der Waals surface area contributed by atoms with Gasteiger partial charge in [0.25, 0.3) is 11.8 Å². The van der Waals surface area contributed by atoms with Crippen molar-refractivity contribution in [2.75, 3.05) is 11.9 Å². The standard InChI is InChI=1S/C15H12N2O4S2/c1-7(14(20)21)17-13(19)11(23-15(17)22)10-8-5-3-4-6-9(8)16(2)12(10)18/h3-7H,1-2H3,(H,20,21)/p-1/b11-10+/t7-/m0/s1. The average Bonchev–Trinajstić information content (AvgIpc) is 2.94. The minimum absolute atomic E-state index is 0.106. The van der Waals surface area contributed by atoms with Crippen LogP contribution in [0.5, 0.6) is 0 Å². The Labute approximate surface area is 141 Å². The summed E-state index contributed by atoms with van der Waals surface area (Å²) in [6, 6.07) is 5.92. The van der Waals surface area contributed by atoms with Gasteiger partial charge < -0.3 is 14.8 Å². The first kappa shape index (κ1) is 15.7. The van der Waals surface area contributed by atoms with E-state index in [-0.39, 0.29) is 20.7 Å². The molecule has 1 fully saturated rings. The van der Waals surface area contributed by atoms with Crippen LogP contribution in [0.15, 0.2) is 29.2 Å². The second-order valence-electron chi connectivity index (χ2n) is 5.12. The van der Waals surface area contributed by atoms with Gasteiger partial charge in [0.15, 0.2) is 0 Å². The fourth-order valence-electron chi connectivity index (χ4n) is 2.56. The maximum atomic E-state index is 12.6. The summed E-state index contributed by atoms with van der Waals surface area (Å²) in [6.07, 6.45) is 0. The van der Waals surface area contributed by atoms with E-state index in [1.807, 2.05) is 0 Å². The molecule has 23 heavy (non-hydrogen) atoms. The topological polar surface area (TPSA) is 80.7 Å². The normalized spacial score (nSPS) is 21.9. The summed E-state index contributed by atoms with van der Waals surface area (Å²) in [5, 5.41) is 11.1. The fraction of sp³-hybridized carbons (Fsp3) is 0.200. The molecule has 1 atom stereocenters. The molecule has 2 amide bonds. The number of carbonyl (C=O) groups is 3. The van der Waals surface area contributed by atoms with Crippen LogP contribution in [0.1, 0.15) is 12.5 Å². The number of nitrogens with zero attached hydrogens (tertiary/aromatic N) is 2. The summed E-state index contributed by atoms with van der Waals surface area (Å²) in [5.41, 5.74) is 1.60. The largest absolute Gasteiger partial charge is 0.548 e.